The Kier molecular flexibility index (Phi) is 8.08. The maximum absolute atomic E-state index is 3.57. The van der Waals surface area contributed by atoms with Crippen LogP contribution in [0.15, 0.2) is 66.8 Å². The molecule has 1 aromatic rings. The molecule has 0 saturated heterocycles. The number of rotatable bonds is 2. The summed E-state index contributed by atoms with van der Waals surface area (Å²) in [5.74, 6) is 0. The van der Waals surface area contributed by atoms with Gasteiger partial charge < -0.3 is 0 Å². The fourth-order valence-electron chi connectivity index (χ4n) is 1.04. The van der Waals surface area contributed by atoms with Crippen molar-refractivity contribution in [2.45, 2.75) is 20.8 Å². The molecule has 80 valence electrons. The minimum Gasteiger partial charge on any atom is -0.0991 e. The molecule has 0 heterocycles. The van der Waals surface area contributed by atoms with Gasteiger partial charge in [0.05, 0.1) is 0 Å². The van der Waals surface area contributed by atoms with Gasteiger partial charge in [0, 0.05) is 0 Å². The van der Waals surface area contributed by atoms with E-state index in [4.69, 9.17) is 0 Å². The Hall–Kier alpha value is -1.56. The van der Waals surface area contributed by atoms with E-state index in [2.05, 4.69) is 25.6 Å². The molecule has 0 radical (unpaired) electrons. The van der Waals surface area contributed by atoms with Gasteiger partial charge >= 0.3 is 0 Å². The summed E-state index contributed by atoms with van der Waals surface area (Å²) in [6, 6.07) is 10.3. The molecular formula is C15H20. The van der Waals surface area contributed by atoms with E-state index in [0.717, 1.165) is 0 Å². The summed E-state index contributed by atoms with van der Waals surface area (Å²) in [7, 11) is 0. The van der Waals surface area contributed by atoms with Crippen LogP contribution in [0.1, 0.15) is 19.4 Å². The van der Waals surface area contributed by atoms with E-state index in [9.17, 15) is 0 Å². The quantitative estimate of drug-likeness (QED) is 0.607. The average Bonchev–Trinajstić information content (AvgIpc) is 2.20. The third-order valence-corrected chi connectivity index (χ3v) is 1.75. The second-order valence-electron chi connectivity index (χ2n) is 3.30. The van der Waals surface area contributed by atoms with Gasteiger partial charge in [-0.05, 0) is 20.8 Å². The van der Waals surface area contributed by atoms with Crippen LogP contribution in [-0.4, -0.2) is 0 Å². The second-order valence-corrected chi connectivity index (χ2v) is 3.30. The minimum absolute atomic E-state index is 1.24. The van der Waals surface area contributed by atoms with Crippen LogP contribution in [0.2, 0.25) is 0 Å². The second kappa shape index (κ2) is 9.01. The van der Waals surface area contributed by atoms with Gasteiger partial charge in [-0.25, -0.2) is 0 Å². The standard InChI is InChI=1S/C8H12.C7H8/c1-4-6-8(3)7-5-2;1-7-5-3-2-4-6-7/h4-7H,1H2,2-3H3;2-6H,1H3/b7-5-,8-6-;. The first-order valence-electron chi connectivity index (χ1n) is 5.14. The topological polar surface area (TPSA) is 0 Å². The van der Waals surface area contributed by atoms with Gasteiger partial charge in [-0.1, -0.05) is 72.4 Å². The van der Waals surface area contributed by atoms with E-state index in [1.54, 1.807) is 6.08 Å². The van der Waals surface area contributed by atoms with Crippen molar-refractivity contribution in [3.8, 4) is 0 Å². The summed E-state index contributed by atoms with van der Waals surface area (Å²) in [6.07, 6.45) is 7.81. The molecule has 0 unspecified atom stereocenters. The molecule has 0 N–H and O–H groups in total. The molecule has 1 aromatic carbocycles. The molecule has 0 atom stereocenters. The summed E-state index contributed by atoms with van der Waals surface area (Å²) in [6.45, 7) is 9.70. The van der Waals surface area contributed by atoms with Crippen LogP contribution in [0.3, 0.4) is 0 Å². The van der Waals surface area contributed by atoms with Crippen LogP contribution in [0.5, 0.6) is 0 Å². The highest BCUT2D eigenvalue weighted by Crippen LogP contribution is 1.93. The summed E-state index contributed by atoms with van der Waals surface area (Å²) in [5, 5.41) is 0. The van der Waals surface area contributed by atoms with Crippen molar-refractivity contribution in [1.82, 2.24) is 0 Å². The van der Waals surface area contributed by atoms with E-state index in [1.165, 1.54) is 11.1 Å². The van der Waals surface area contributed by atoms with E-state index >= 15 is 0 Å². The molecule has 0 spiro atoms. The minimum atomic E-state index is 1.24. The Morgan fingerprint density at radius 3 is 2.13 bits per heavy atom. The summed E-state index contributed by atoms with van der Waals surface area (Å²) in [5.41, 5.74) is 2.56. The summed E-state index contributed by atoms with van der Waals surface area (Å²) >= 11 is 0. The van der Waals surface area contributed by atoms with Crippen molar-refractivity contribution in [2.24, 2.45) is 0 Å². The zero-order valence-electron chi connectivity index (χ0n) is 9.90. The van der Waals surface area contributed by atoms with Crippen molar-refractivity contribution in [3.05, 3.63) is 72.4 Å². The first-order valence-corrected chi connectivity index (χ1v) is 5.14. The molecule has 0 aliphatic carbocycles. The van der Waals surface area contributed by atoms with Crippen LogP contribution in [0, 0.1) is 6.92 Å². The van der Waals surface area contributed by atoms with Crippen LogP contribution < -0.4 is 0 Å². The van der Waals surface area contributed by atoms with Gasteiger partial charge in [0.15, 0.2) is 0 Å². The molecular weight excluding hydrogens is 180 g/mol. The van der Waals surface area contributed by atoms with Crippen molar-refractivity contribution >= 4 is 0 Å². The molecule has 0 aromatic heterocycles. The largest absolute Gasteiger partial charge is 0.0991 e. The Labute approximate surface area is 93.7 Å². The van der Waals surface area contributed by atoms with Crippen molar-refractivity contribution in [3.63, 3.8) is 0 Å². The van der Waals surface area contributed by atoms with Crippen LogP contribution in [-0.2, 0) is 0 Å². The van der Waals surface area contributed by atoms with Gasteiger partial charge in [-0.3, -0.25) is 0 Å². The number of hydrogen-bond donors (Lipinski definition) is 0. The van der Waals surface area contributed by atoms with Crippen LogP contribution >= 0.6 is 0 Å². The molecule has 15 heavy (non-hydrogen) atoms. The smallest absolute Gasteiger partial charge is 0.0398 e. The third-order valence-electron chi connectivity index (χ3n) is 1.75. The first-order chi connectivity index (χ1) is 7.20. The van der Waals surface area contributed by atoms with E-state index < -0.39 is 0 Å². The van der Waals surface area contributed by atoms with Crippen molar-refractivity contribution in [1.29, 1.82) is 0 Å². The van der Waals surface area contributed by atoms with Crippen molar-refractivity contribution in [2.75, 3.05) is 0 Å². The highest BCUT2D eigenvalue weighted by molar-refractivity contribution is 5.19. The fraction of sp³-hybridized carbons (Fsp3) is 0.200. The monoisotopic (exact) mass is 200 g/mol. The van der Waals surface area contributed by atoms with E-state index in [-0.39, 0.29) is 0 Å². The summed E-state index contributed by atoms with van der Waals surface area (Å²) in [4.78, 5) is 0. The van der Waals surface area contributed by atoms with Gasteiger partial charge in [-0.2, -0.15) is 0 Å². The highest BCUT2D eigenvalue weighted by atomic mass is 13.8. The molecule has 1 rings (SSSR count). The Morgan fingerprint density at radius 1 is 1.20 bits per heavy atom. The Bertz CT molecular complexity index is 315. The molecule has 0 saturated carbocycles. The van der Waals surface area contributed by atoms with Crippen molar-refractivity contribution < 1.29 is 0 Å². The molecule has 0 fully saturated rings. The fourth-order valence-corrected chi connectivity index (χ4v) is 1.04. The number of allylic oxidation sites excluding steroid dienone is 5. The maximum Gasteiger partial charge on any atom is -0.0398 e. The van der Waals surface area contributed by atoms with Gasteiger partial charge in [0.2, 0.25) is 0 Å². The maximum atomic E-state index is 3.57. The third kappa shape index (κ3) is 8.76. The Morgan fingerprint density at radius 2 is 1.80 bits per heavy atom. The lowest BCUT2D eigenvalue weighted by Crippen LogP contribution is -1.62. The predicted molar refractivity (Wildman–Crippen MR) is 69.9 cm³/mol. The first kappa shape index (κ1) is 13.4. The lowest BCUT2D eigenvalue weighted by molar-refractivity contribution is 1.48. The molecule has 0 amide bonds. The van der Waals surface area contributed by atoms with E-state index in [1.807, 2.05) is 50.3 Å². The van der Waals surface area contributed by atoms with Gasteiger partial charge in [0.25, 0.3) is 0 Å². The number of hydrogen-bond acceptors (Lipinski definition) is 0. The molecule has 0 bridgehead atoms. The lowest BCUT2D eigenvalue weighted by Gasteiger charge is -1.82. The Balaban J connectivity index is 0.000000262. The molecule has 0 nitrogen and oxygen atoms in total. The predicted octanol–water partition coefficient (Wildman–Crippen LogP) is 4.69. The van der Waals surface area contributed by atoms with Gasteiger partial charge in [-0.15, -0.1) is 0 Å². The summed E-state index contributed by atoms with van der Waals surface area (Å²) < 4.78 is 0. The van der Waals surface area contributed by atoms with E-state index in [0.29, 0.717) is 0 Å². The zero-order valence-corrected chi connectivity index (χ0v) is 9.90. The highest BCUT2D eigenvalue weighted by Gasteiger charge is 1.72. The normalized spacial score (nSPS) is 10.7. The number of aryl methyl sites for hydroxylation is 1. The van der Waals surface area contributed by atoms with Crippen LogP contribution in [0.25, 0.3) is 0 Å². The average molecular weight is 200 g/mol. The van der Waals surface area contributed by atoms with Gasteiger partial charge in [0.1, 0.15) is 0 Å². The molecule has 0 aliphatic heterocycles. The SMILES string of the molecule is C=C/C=C(C)\C=C/C.Cc1ccccc1. The molecule has 0 aliphatic rings. The number of benzene rings is 1. The lowest BCUT2D eigenvalue weighted by atomic mass is 10.2. The van der Waals surface area contributed by atoms with Crippen LogP contribution in [0.4, 0.5) is 0 Å². The zero-order chi connectivity index (χ0) is 11.5. The molecule has 0 heteroatoms.